The summed E-state index contributed by atoms with van der Waals surface area (Å²) in [6, 6.07) is 16.5. The zero-order valence-electron chi connectivity index (χ0n) is 12.9. The maximum atomic E-state index is 5.84. The molecule has 0 radical (unpaired) electrons. The molecule has 2 rings (SSSR count). The predicted octanol–water partition coefficient (Wildman–Crippen LogP) is 3.36. The van der Waals surface area contributed by atoms with Gasteiger partial charge in [-0.1, -0.05) is 24.3 Å². The van der Waals surface area contributed by atoms with Crippen molar-refractivity contribution in [1.82, 2.24) is 0 Å². The number of rotatable bonds is 7. The molecule has 0 saturated carbocycles. The first-order chi connectivity index (χ1) is 10.2. The summed E-state index contributed by atoms with van der Waals surface area (Å²) in [5.41, 5.74) is 9.27. The quantitative estimate of drug-likeness (QED) is 0.847. The van der Waals surface area contributed by atoms with Gasteiger partial charge in [-0.2, -0.15) is 0 Å². The van der Waals surface area contributed by atoms with Crippen molar-refractivity contribution in [1.29, 1.82) is 0 Å². The van der Waals surface area contributed by atoms with Crippen molar-refractivity contribution in [2.24, 2.45) is 5.73 Å². The Morgan fingerprint density at radius 2 is 1.90 bits per heavy atom. The number of benzene rings is 2. The van der Waals surface area contributed by atoms with E-state index in [1.54, 1.807) is 0 Å². The van der Waals surface area contributed by atoms with Crippen molar-refractivity contribution in [2.75, 3.05) is 24.6 Å². The van der Waals surface area contributed by atoms with Gasteiger partial charge in [0.05, 0.1) is 6.54 Å². The van der Waals surface area contributed by atoms with Crippen LogP contribution in [0.15, 0.2) is 48.5 Å². The molecule has 0 bridgehead atoms. The Morgan fingerprint density at radius 1 is 1.10 bits per heavy atom. The summed E-state index contributed by atoms with van der Waals surface area (Å²) in [5.74, 6) is 0.887. The highest BCUT2D eigenvalue weighted by Crippen LogP contribution is 2.16. The van der Waals surface area contributed by atoms with Crippen LogP contribution >= 0.6 is 0 Å². The third-order valence-electron chi connectivity index (χ3n) is 3.51. The van der Waals surface area contributed by atoms with Gasteiger partial charge in [0, 0.05) is 18.8 Å². The van der Waals surface area contributed by atoms with E-state index in [0.717, 1.165) is 24.4 Å². The second kappa shape index (κ2) is 7.70. The third kappa shape index (κ3) is 4.50. The molecule has 21 heavy (non-hydrogen) atoms. The van der Waals surface area contributed by atoms with Crippen LogP contribution in [0.1, 0.15) is 18.1 Å². The lowest BCUT2D eigenvalue weighted by Crippen LogP contribution is -2.28. The maximum Gasteiger partial charge on any atom is 0.119 e. The fraction of sp³-hybridized carbons (Fsp3) is 0.333. The van der Waals surface area contributed by atoms with Gasteiger partial charge < -0.3 is 15.4 Å². The van der Waals surface area contributed by atoms with Crippen LogP contribution in [0.5, 0.6) is 5.75 Å². The van der Waals surface area contributed by atoms with Crippen LogP contribution in [0.4, 0.5) is 5.69 Å². The normalized spacial score (nSPS) is 10.4. The molecule has 0 aliphatic heterocycles. The first-order valence-corrected chi connectivity index (χ1v) is 7.46. The van der Waals surface area contributed by atoms with Crippen molar-refractivity contribution >= 4 is 5.69 Å². The van der Waals surface area contributed by atoms with E-state index in [0.29, 0.717) is 13.2 Å². The highest BCUT2D eigenvalue weighted by atomic mass is 16.5. The first kappa shape index (κ1) is 15.4. The molecule has 0 atom stereocenters. The van der Waals surface area contributed by atoms with Crippen LogP contribution in [0.2, 0.25) is 0 Å². The smallest absolute Gasteiger partial charge is 0.119 e. The molecule has 2 aromatic carbocycles. The van der Waals surface area contributed by atoms with Crippen molar-refractivity contribution < 1.29 is 4.74 Å². The maximum absolute atomic E-state index is 5.84. The SMILES string of the molecule is CCN(CCOc1cccc(CN)c1)c1cccc(C)c1. The molecule has 0 unspecified atom stereocenters. The Kier molecular flexibility index (Phi) is 5.64. The Bertz CT molecular complexity index is 569. The highest BCUT2D eigenvalue weighted by Gasteiger charge is 2.04. The number of likely N-dealkylation sites (N-methyl/N-ethyl adjacent to an activating group) is 1. The average Bonchev–Trinajstić information content (AvgIpc) is 2.52. The first-order valence-electron chi connectivity index (χ1n) is 7.46. The second-order valence-electron chi connectivity index (χ2n) is 5.12. The molecular weight excluding hydrogens is 260 g/mol. The van der Waals surface area contributed by atoms with Gasteiger partial charge in [-0.15, -0.1) is 0 Å². The van der Waals surface area contributed by atoms with Crippen molar-refractivity contribution in [3.8, 4) is 5.75 Å². The van der Waals surface area contributed by atoms with Crippen LogP contribution in [-0.2, 0) is 6.54 Å². The minimum atomic E-state index is 0.543. The molecular formula is C18H24N2O. The largest absolute Gasteiger partial charge is 0.492 e. The van der Waals surface area contributed by atoms with E-state index in [-0.39, 0.29) is 0 Å². The summed E-state index contributed by atoms with van der Waals surface area (Å²) in [7, 11) is 0. The number of hydrogen-bond acceptors (Lipinski definition) is 3. The molecule has 3 nitrogen and oxygen atoms in total. The Hall–Kier alpha value is -2.00. The molecule has 0 aliphatic carbocycles. The molecule has 0 spiro atoms. The average molecular weight is 284 g/mol. The Labute approximate surface area is 127 Å². The van der Waals surface area contributed by atoms with E-state index in [4.69, 9.17) is 10.5 Å². The van der Waals surface area contributed by atoms with Gasteiger partial charge in [-0.25, -0.2) is 0 Å². The van der Waals surface area contributed by atoms with E-state index < -0.39 is 0 Å². The minimum Gasteiger partial charge on any atom is -0.492 e. The standard InChI is InChI=1S/C18H24N2O/c1-3-20(17-8-4-6-15(2)12-17)10-11-21-18-9-5-7-16(13-18)14-19/h4-9,12-13H,3,10-11,14,19H2,1-2H3. The summed E-state index contributed by atoms with van der Waals surface area (Å²) >= 11 is 0. The lowest BCUT2D eigenvalue weighted by atomic mass is 10.2. The van der Waals surface area contributed by atoms with Crippen LogP contribution in [0, 0.1) is 6.92 Å². The van der Waals surface area contributed by atoms with E-state index in [2.05, 4.69) is 43.0 Å². The molecule has 2 N–H and O–H groups in total. The van der Waals surface area contributed by atoms with Crippen LogP contribution in [0.3, 0.4) is 0 Å². The Morgan fingerprint density at radius 3 is 2.62 bits per heavy atom. The van der Waals surface area contributed by atoms with E-state index in [1.807, 2.05) is 24.3 Å². The van der Waals surface area contributed by atoms with Gasteiger partial charge in [0.25, 0.3) is 0 Å². The number of ether oxygens (including phenoxy) is 1. The molecule has 3 heteroatoms. The van der Waals surface area contributed by atoms with Gasteiger partial charge in [0.15, 0.2) is 0 Å². The zero-order valence-corrected chi connectivity index (χ0v) is 12.9. The van der Waals surface area contributed by atoms with Crippen molar-refractivity contribution in [3.63, 3.8) is 0 Å². The van der Waals surface area contributed by atoms with Gasteiger partial charge in [0.2, 0.25) is 0 Å². The minimum absolute atomic E-state index is 0.543. The van der Waals surface area contributed by atoms with Crippen molar-refractivity contribution in [3.05, 3.63) is 59.7 Å². The highest BCUT2D eigenvalue weighted by molar-refractivity contribution is 5.48. The fourth-order valence-corrected chi connectivity index (χ4v) is 2.33. The number of nitrogens with zero attached hydrogens (tertiary/aromatic N) is 1. The number of aryl methyl sites for hydroxylation is 1. The summed E-state index contributed by atoms with van der Waals surface area (Å²) < 4.78 is 5.84. The molecule has 0 amide bonds. The predicted molar refractivity (Wildman–Crippen MR) is 88.9 cm³/mol. The van der Waals surface area contributed by atoms with Gasteiger partial charge in [0.1, 0.15) is 12.4 Å². The summed E-state index contributed by atoms with van der Waals surface area (Å²) in [6.07, 6.45) is 0. The van der Waals surface area contributed by atoms with E-state index in [1.165, 1.54) is 11.3 Å². The van der Waals surface area contributed by atoms with Crippen LogP contribution in [-0.4, -0.2) is 19.7 Å². The Balaban J connectivity index is 1.91. The lowest BCUT2D eigenvalue weighted by molar-refractivity contribution is 0.324. The molecule has 112 valence electrons. The molecule has 0 aliphatic rings. The van der Waals surface area contributed by atoms with E-state index >= 15 is 0 Å². The summed E-state index contributed by atoms with van der Waals surface area (Å²) in [4.78, 5) is 2.32. The lowest BCUT2D eigenvalue weighted by Gasteiger charge is -2.23. The number of anilines is 1. The van der Waals surface area contributed by atoms with Crippen LogP contribution < -0.4 is 15.4 Å². The molecule has 0 saturated heterocycles. The second-order valence-corrected chi connectivity index (χ2v) is 5.12. The van der Waals surface area contributed by atoms with Gasteiger partial charge in [-0.05, 0) is 49.2 Å². The molecule has 0 fully saturated rings. The van der Waals surface area contributed by atoms with E-state index in [9.17, 15) is 0 Å². The molecule has 0 aromatic heterocycles. The van der Waals surface area contributed by atoms with Gasteiger partial charge >= 0.3 is 0 Å². The number of hydrogen-bond donors (Lipinski definition) is 1. The summed E-state index contributed by atoms with van der Waals surface area (Å²) in [5, 5.41) is 0. The van der Waals surface area contributed by atoms with Crippen LogP contribution in [0.25, 0.3) is 0 Å². The summed E-state index contributed by atoms with van der Waals surface area (Å²) in [6.45, 7) is 7.32. The number of nitrogens with two attached hydrogens (primary N) is 1. The molecule has 2 aromatic rings. The van der Waals surface area contributed by atoms with Crippen molar-refractivity contribution in [2.45, 2.75) is 20.4 Å². The topological polar surface area (TPSA) is 38.5 Å². The monoisotopic (exact) mass is 284 g/mol. The van der Waals surface area contributed by atoms with Gasteiger partial charge in [-0.3, -0.25) is 0 Å². The fourth-order valence-electron chi connectivity index (χ4n) is 2.33. The zero-order chi connectivity index (χ0) is 15.1. The third-order valence-corrected chi connectivity index (χ3v) is 3.51. The molecule has 0 heterocycles.